The van der Waals surface area contributed by atoms with Crippen LogP contribution in [0.4, 0.5) is 10.5 Å². The number of hydrogen-bond donors (Lipinski definition) is 2. The largest absolute Gasteiger partial charge is 0.320 e. The molecule has 1 aromatic carbocycles. The molecule has 1 atom stereocenters. The molecule has 1 aliphatic rings. The van der Waals surface area contributed by atoms with Crippen molar-refractivity contribution in [3.63, 3.8) is 0 Å². The summed E-state index contributed by atoms with van der Waals surface area (Å²) in [5.41, 5.74) is 5.18. The van der Waals surface area contributed by atoms with Gasteiger partial charge in [-0.3, -0.25) is 0 Å². The Hall–Kier alpha value is -3.08. The second-order valence-corrected chi connectivity index (χ2v) is 9.78. The van der Waals surface area contributed by atoms with Gasteiger partial charge in [-0.1, -0.05) is 71.4 Å². The normalized spacial score (nSPS) is 15.3. The first-order valence-electron chi connectivity index (χ1n) is 12.2. The van der Waals surface area contributed by atoms with Gasteiger partial charge in [0.25, 0.3) is 0 Å². The van der Waals surface area contributed by atoms with Crippen molar-refractivity contribution in [3.05, 3.63) is 66.0 Å². The fourth-order valence-electron chi connectivity index (χ4n) is 5.15. The third-order valence-corrected chi connectivity index (χ3v) is 6.88. The standard InChI is InChI=1S/C28H36N4O/c1-6-20-17-32(27-24(20)15-10-16-29-27)26(21-11-7-8-12-21)31-28(33)30-25-22(18(2)3)13-9-14-23(25)19(4)5/h6,9-10,13-19,21,26H,1,7-8,11-12H2,2-5H3,(H2,30,31,33). The average molecular weight is 445 g/mol. The molecule has 2 heterocycles. The highest BCUT2D eigenvalue weighted by Crippen LogP contribution is 2.36. The molecule has 1 unspecified atom stereocenters. The zero-order valence-corrected chi connectivity index (χ0v) is 20.3. The molecule has 2 N–H and O–H groups in total. The quantitative estimate of drug-likeness (QED) is 0.398. The Bertz CT molecular complexity index is 1110. The van der Waals surface area contributed by atoms with Crippen LogP contribution in [0.2, 0.25) is 0 Å². The minimum Gasteiger partial charge on any atom is -0.317 e. The summed E-state index contributed by atoms with van der Waals surface area (Å²) in [6, 6.07) is 10.2. The monoisotopic (exact) mass is 444 g/mol. The minimum atomic E-state index is -0.167. The number of anilines is 1. The maximum absolute atomic E-state index is 13.4. The topological polar surface area (TPSA) is 59.0 Å². The first-order valence-corrected chi connectivity index (χ1v) is 12.2. The van der Waals surface area contributed by atoms with E-state index in [1.54, 1.807) is 0 Å². The first kappa shape index (κ1) is 23.1. The smallest absolute Gasteiger partial charge is 0.317 e. The van der Waals surface area contributed by atoms with E-state index in [0.29, 0.717) is 17.8 Å². The molecule has 174 valence electrons. The van der Waals surface area contributed by atoms with Gasteiger partial charge in [0.15, 0.2) is 0 Å². The van der Waals surface area contributed by atoms with Gasteiger partial charge in [-0.05, 0) is 53.9 Å². The summed E-state index contributed by atoms with van der Waals surface area (Å²) in [5, 5.41) is 7.61. The van der Waals surface area contributed by atoms with Crippen LogP contribution < -0.4 is 10.6 Å². The van der Waals surface area contributed by atoms with Gasteiger partial charge in [0.2, 0.25) is 0 Å². The number of nitrogens with one attached hydrogen (secondary N) is 2. The minimum absolute atomic E-state index is 0.160. The second kappa shape index (κ2) is 9.82. The van der Waals surface area contributed by atoms with Crippen LogP contribution >= 0.6 is 0 Å². The lowest BCUT2D eigenvalue weighted by Gasteiger charge is -2.28. The summed E-state index contributed by atoms with van der Waals surface area (Å²) in [5.74, 6) is 1.01. The van der Waals surface area contributed by atoms with E-state index < -0.39 is 0 Å². The Morgan fingerprint density at radius 3 is 2.36 bits per heavy atom. The number of para-hydroxylation sites is 1. The number of carbonyl (C=O) groups is 1. The molecule has 0 spiro atoms. The summed E-state index contributed by atoms with van der Waals surface area (Å²) in [7, 11) is 0. The molecule has 2 aromatic heterocycles. The lowest BCUT2D eigenvalue weighted by atomic mass is 9.93. The number of amides is 2. The maximum Gasteiger partial charge on any atom is 0.320 e. The summed E-state index contributed by atoms with van der Waals surface area (Å²) in [4.78, 5) is 18.1. The zero-order valence-electron chi connectivity index (χ0n) is 20.3. The van der Waals surface area contributed by atoms with Crippen molar-refractivity contribution in [2.75, 3.05) is 5.32 Å². The van der Waals surface area contributed by atoms with Gasteiger partial charge in [-0.25, -0.2) is 9.78 Å². The van der Waals surface area contributed by atoms with Crippen LogP contribution in [0.3, 0.4) is 0 Å². The predicted molar refractivity (Wildman–Crippen MR) is 138 cm³/mol. The van der Waals surface area contributed by atoms with E-state index in [2.05, 4.69) is 84.9 Å². The number of nitrogens with zero attached hydrogens (tertiary/aromatic N) is 2. The fraction of sp³-hybridized carbons (Fsp3) is 0.429. The van der Waals surface area contributed by atoms with Crippen molar-refractivity contribution in [1.82, 2.24) is 14.9 Å². The molecule has 2 amide bonds. The van der Waals surface area contributed by atoms with E-state index in [0.717, 1.165) is 46.3 Å². The molecule has 1 fully saturated rings. The summed E-state index contributed by atoms with van der Waals surface area (Å²) in [6.45, 7) is 12.6. The van der Waals surface area contributed by atoms with Gasteiger partial charge < -0.3 is 15.2 Å². The molecule has 5 nitrogen and oxygen atoms in total. The van der Waals surface area contributed by atoms with E-state index in [-0.39, 0.29) is 12.2 Å². The Morgan fingerprint density at radius 1 is 1.09 bits per heavy atom. The zero-order chi connectivity index (χ0) is 23.5. The van der Waals surface area contributed by atoms with Crippen LogP contribution in [-0.2, 0) is 0 Å². The molecule has 0 radical (unpaired) electrons. The van der Waals surface area contributed by atoms with Gasteiger partial charge in [0.1, 0.15) is 11.8 Å². The second-order valence-electron chi connectivity index (χ2n) is 9.78. The van der Waals surface area contributed by atoms with Crippen molar-refractivity contribution in [2.24, 2.45) is 5.92 Å². The van der Waals surface area contributed by atoms with Crippen LogP contribution in [0, 0.1) is 5.92 Å². The first-order chi connectivity index (χ1) is 15.9. The van der Waals surface area contributed by atoms with Gasteiger partial charge in [0.05, 0.1) is 0 Å². The molecular weight excluding hydrogens is 408 g/mol. The average Bonchev–Trinajstić information content (AvgIpc) is 3.45. The van der Waals surface area contributed by atoms with E-state index in [4.69, 9.17) is 0 Å². The van der Waals surface area contributed by atoms with E-state index in [1.165, 1.54) is 12.8 Å². The van der Waals surface area contributed by atoms with Crippen molar-refractivity contribution in [1.29, 1.82) is 0 Å². The molecule has 3 aromatic rings. The molecule has 0 saturated heterocycles. The number of pyridine rings is 1. The molecular formula is C28H36N4O. The molecule has 4 rings (SSSR count). The highest BCUT2D eigenvalue weighted by molar-refractivity contribution is 5.92. The number of urea groups is 1. The Kier molecular flexibility index (Phi) is 6.87. The van der Waals surface area contributed by atoms with Gasteiger partial charge in [-0.15, -0.1) is 0 Å². The number of rotatable bonds is 7. The van der Waals surface area contributed by atoms with Crippen molar-refractivity contribution >= 4 is 28.8 Å². The molecule has 33 heavy (non-hydrogen) atoms. The van der Waals surface area contributed by atoms with Gasteiger partial charge >= 0.3 is 6.03 Å². The third kappa shape index (κ3) is 4.68. The number of carbonyl (C=O) groups excluding carboxylic acids is 1. The Balaban J connectivity index is 1.69. The van der Waals surface area contributed by atoms with Crippen LogP contribution in [0.5, 0.6) is 0 Å². The van der Waals surface area contributed by atoms with Crippen LogP contribution in [0.15, 0.2) is 49.3 Å². The van der Waals surface area contributed by atoms with Crippen molar-refractivity contribution in [3.8, 4) is 0 Å². The number of hydrogen-bond acceptors (Lipinski definition) is 2. The van der Waals surface area contributed by atoms with E-state index >= 15 is 0 Å². The molecule has 1 aliphatic carbocycles. The number of aromatic nitrogens is 2. The summed E-state index contributed by atoms with van der Waals surface area (Å²) in [6.07, 6.45) is 10.2. The van der Waals surface area contributed by atoms with Crippen LogP contribution in [0.25, 0.3) is 17.1 Å². The van der Waals surface area contributed by atoms with Gasteiger partial charge in [-0.2, -0.15) is 0 Å². The number of fused-ring (bicyclic) bond motifs is 1. The van der Waals surface area contributed by atoms with Crippen LogP contribution in [0.1, 0.15) is 88.1 Å². The number of benzene rings is 1. The molecule has 0 aliphatic heterocycles. The maximum atomic E-state index is 13.4. The lowest BCUT2D eigenvalue weighted by Crippen LogP contribution is -2.39. The summed E-state index contributed by atoms with van der Waals surface area (Å²) >= 11 is 0. The third-order valence-electron chi connectivity index (χ3n) is 6.88. The lowest BCUT2D eigenvalue weighted by molar-refractivity contribution is 0.229. The van der Waals surface area contributed by atoms with Crippen molar-refractivity contribution in [2.45, 2.75) is 71.4 Å². The Morgan fingerprint density at radius 2 is 1.76 bits per heavy atom. The predicted octanol–water partition coefficient (Wildman–Crippen LogP) is 7.44. The van der Waals surface area contributed by atoms with E-state index in [1.807, 2.05) is 18.3 Å². The SMILES string of the molecule is C=Cc1cn(C(NC(=O)Nc2c(C(C)C)cccc2C(C)C)C2CCCC2)c2ncccc12. The van der Waals surface area contributed by atoms with Crippen molar-refractivity contribution < 1.29 is 4.79 Å². The highest BCUT2D eigenvalue weighted by atomic mass is 16.2. The Labute approximate surface area is 197 Å². The molecule has 1 saturated carbocycles. The molecule has 0 bridgehead atoms. The van der Waals surface area contributed by atoms with Crippen LogP contribution in [-0.4, -0.2) is 15.6 Å². The fourth-order valence-corrected chi connectivity index (χ4v) is 5.15. The molecule has 5 heteroatoms. The van der Waals surface area contributed by atoms with Gasteiger partial charge in [0, 0.05) is 29.0 Å². The summed E-state index contributed by atoms with van der Waals surface area (Å²) < 4.78 is 2.14. The van der Waals surface area contributed by atoms with E-state index in [9.17, 15) is 4.79 Å². The highest BCUT2D eigenvalue weighted by Gasteiger charge is 2.30.